The first-order valence-electron chi connectivity index (χ1n) is 6.54. The molecule has 2 heterocycles. The molecule has 2 unspecified atom stereocenters. The van der Waals surface area contributed by atoms with Crippen molar-refractivity contribution in [2.45, 2.75) is 22.6 Å². The van der Waals surface area contributed by atoms with E-state index in [1.54, 1.807) is 6.92 Å². The van der Waals surface area contributed by atoms with Crippen molar-refractivity contribution in [1.29, 1.82) is 0 Å². The van der Waals surface area contributed by atoms with E-state index in [-0.39, 0.29) is 6.61 Å². The lowest BCUT2D eigenvalue weighted by molar-refractivity contribution is -0.161. The molecule has 114 valence electrons. The fourth-order valence-corrected chi connectivity index (χ4v) is 4.34. The van der Waals surface area contributed by atoms with E-state index in [2.05, 4.69) is 4.98 Å². The van der Waals surface area contributed by atoms with Crippen molar-refractivity contribution >= 4 is 51.0 Å². The van der Waals surface area contributed by atoms with Gasteiger partial charge in [0.2, 0.25) is 6.10 Å². The van der Waals surface area contributed by atoms with Crippen LogP contribution in [0.2, 0.25) is 0 Å². The van der Waals surface area contributed by atoms with Gasteiger partial charge in [0.05, 0.1) is 16.8 Å². The van der Waals surface area contributed by atoms with Crippen LogP contribution in [0.5, 0.6) is 0 Å². The number of carbonyl (C=O) groups excluding carboxylic acids is 3. The highest BCUT2D eigenvalue weighted by molar-refractivity contribution is 8.02. The molecule has 1 saturated heterocycles. The number of nitrogens with zero attached hydrogens (tertiary/aromatic N) is 1. The number of ether oxygens (including phenoxy) is 2. The fourth-order valence-electron chi connectivity index (χ4n) is 2.01. The lowest BCUT2D eigenvalue weighted by Crippen LogP contribution is -2.33. The van der Waals surface area contributed by atoms with E-state index in [4.69, 9.17) is 9.47 Å². The van der Waals surface area contributed by atoms with E-state index >= 15 is 0 Å². The first-order chi connectivity index (χ1) is 10.6. The molecule has 1 aliphatic heterocycles. The maximum Gasteiger partial charge on any atom is 0.376 e. The Hall–Kier alpha value is -1.93. The summed E-state index contributed by atoms with van der Waals surface area (Å²) in [5.74, 6) is -2.45. The molecule has 2 atom stereocenters. The predicted octanol–water partition coefficient (Wildman–Crippen LogP) is 1.81. The number of thiazole rings is 1. The number of esters is 2. The van der Waals surface area contributed by atoms with Crippen molar-refractivity contribution < 1.29 is 23.9 Å². The number of ketones is 1. The number of para-hydroxylation sites is 1. The first kappa shape index (κ1) is 15.0. The van der Waals surface area contributed by atoms with E-state index in [1.807, 2.05) is 24.3 Å². The number of cyclic esters (lactones) is 1. The van der Waals surface area contributed by atoms with Gasteiger partial charge in [0.15, 0.2) is 4.34 Å². The average Bonchev–Trinajstić information content (AvgIpc) is 3.03. The molecule has 0 N–H and O–H groups in total. The molecule has 0 saturated carbocycles. The highest BCUT2D eigenvalue weighted by Gasteiger charge is 2.49. The van der Waals surface area contributed by atoms with Crippen LogP contribution in [-0.2, 0) is 23.9 Å². The lowest BCUT2D eigenvalue weighted by atomic mass is 10.2. The summed E-state index contributed by atoms with van der Waals surface area (Å²) in [4.78, 5) is 39.6. The summed E-state index contributed by atoms with van der Waals surface area (Å²) in [5, 5.41) is -0.952. The van der Waals surface area contributed by atoms with Crippen LogP contribution in [0.4, 0.5) is 0 Å². The van der Waals surface area contributed by atoms with Crippen LogP contribution in [0.1, 0.15) is 6.92 Å². The summed E-state index contributed by atoms with van der Waals surface area (Å²) < 4.78 is 11.3. The quantitative estimate of drug-likeness (QED) is 0.621. The van der Waals surface area contributed by atoms with Gasteiger partial charge < -0.3 is 9.47 Å². The van der Waals surface area contributed by atoms with Gasteiger partial charge in [-0.15, -0.1) is 11.3 Å². The van der Waals surface area contributed by atoms with Gasteiger partial charge in [0, 0.05) is 0 Å². The van der Waals surface area contributed by atoms with Crippen molar-refractivity contribution in [2.24, 2.45) is 0 Å². The average molecular weight is 337 g/mol. The number of hydrogen-bond acceptors (Lipinski definition) is 8. The van der Waals surface area contributed by atoms with Crippen LogP contribution in [0, 0.1) is 0 Å². The van der Waals surface area contributed by atoms with Gasteiger partial charge in [0.1, 0.15) is 5.25 Å². The summed E-state index contributed by atoms with van der Waals surface area (Å²) in [7, 11) is 0. The topological polar surface area (TPSA) is 82.6 Å². The summed E-state index contributed by atoms with van der Waals surface area (Å²) in [6.07, 6.45) is -1.21. The second kappa shape index (κ2) is 6.05. The number of rotatable bonds is 4. The summed E-state index contributed by atoms with van der Waals surface area (Å²) in [6, 6.07) is 7.53. The lowest BCUT2D eigenvalue weighted by Gasteiger charge is -2.12. The number of aromatic nitrogens is 1. The molecule has 3 rings (SSSR count). The SMILES string of the molecule is CCOC(=O)C1OC(=O)C(=O)C1Sc1nc2ccccc2s1. The molecule has 0 bridgehead atoms. The van der Waals surface area contributed by atoms with Crippen molar-refractivity contribution in [2.75, 3.05) is 6.61 Å². The number of Topliss-reactive ketones (excluding diaryl/α,β-unsaturated/α-hetero) is 1. The minimum absolute atomic E-state index is 0.152. The zero-order valence-electron chi connectivity index (χ0n) is 11.5. The van der Waals surface area contributed by atoms with Crippen LogP contribution in [0.3, 0.4) is 0 Å². The zero-order chi connectivity index (χ0) is 15.7. The Morgan fingerprint density at radius 2 is 2.18 bits per heavy atom. The third kappa shape index (κ3) is 2.71. The van der Waals surface area contributed by atoms with Crippen LogP contribution < -0.4 is 0 Å². The summed E-state index contributed by atoms with van der Waals surface area (Å²) >= 11 is 2.46. The van der Waals surface area contributed by atoms with Crippen molar-refractivity contribution in [3.8, 4) is 0 Å². The van der Waals surface area contributed by atoms with Gasteiger partial charge in [-0.25, -0.2) is 14.6 Å². The second-order valence-electron chi connectivity index (χ2n) is 4.43. The molecule has 1 aliphatic rings. The number of thioether (sulfide) groups is 1. The van der Waals surface area contributed by atoms with Gasteiger partial charge >= 0.3 is 11.9 Å². The Morgan fingerprint density at radius 3 is 2.91 bits per heavy atom. The molecule has 0 radical (unpaired) electrons. The monoisotopic (exact) mass is 337 g/mol. The van der Waals surface area contributed by atoms with Crippen LogP contribution in [0.25, 0.3) is 10.2 Å². The normalized spacial score (nSPS) is 21.1. The first-order valence-corrected chi connectivity index (χ1v) is 8.23. The molecular formula is C14H11NO5S2. The number of hydrogen-bond donors (Lipinski definition) is 0. The van der Waals surface area contributed by atoms with E-state index in [0.29, 0.717) is 4.34 Å². The number of benzene rings is 1. The maximum absolute atomic E-state index is 11.9. The molecule has 22 heavy (non-hydrogen) atoms. The summed E-state index contributed by atoms with van der Waals surface area (Å²) in [6.45, 7) is 1.80. The Labute approximate surface area is 133 Å². The van der Waals surface area contributed by atoms with Crippen LogP contribution in [0.15, 0.2) is 28.6 Å². The van der Waals surface area contributed by atoms with Gasteiger partial charge in [0.25, 0.3) is 5.78 Å². The third-order valence-electron chi connectivity index (χ3n) is 2.99. The molecule has 0 spiro atoms. The van der Waals surface area contributed by atoms with E-state index in [9.17, 15) is 14.4 Å². The molecule has 2 aromatic rings. The maximum atomic E-state index is 11.9. The van der Waals surface area contributed by atoms with Gasteiger partial charge in [-0.2, -0.15) is 0 Å². The zero-order valence-corrected chi connectivity index (χ0v) is 13.1. The number of fused-ring (bicyclic) bond motifs is 1. The summed E-state index contributed by atoms with van der Waals surface area (Å²) in [5.41, 5.74) is 0.806. The second-order valence-corrected chi connectivity index (χ2v) is 6.85. The highest BCUT2D eigenvalue weighted by Crippen LogP contribution is 2.36. The molecular weight excluding hydrogens is 326 g/mol. The minimum Gasteiger partial charge on any atom is -0.463 e. The Kier molecular flexibility index (Phi) is 4.12. The molecule has 0 amide bonds. The standard InChI is InChI=1S/C14H11NO5S2/c1-2-19-13(18)10-11(9(16)12(17)20-10)22-14-15-7-5-3-4-6-8(7)21-14/h3-6,10-11H,2H2,1H3. The molecule has 6 nitrogen and oxygen atoms in total. The Balaban J connectivity index is 1.85. The molecule has 0 aliphatic carbocycles. The van der Waals surface area contributed by atoms with E-state index < -0.39 is 29.1 Å². The molecule has 8 heteroatoms. The van der Waals surface area contributed by atoms with E-state index in [1.165, 1.54) is 11.3 Å². The fraction of sp³-hybridized carbons (Fsp3) is 0.286. The predicted molar refractivity (Wildman–Crippen MR) is 80.8 cm³/mol. The largest absolute Gasteiger partial charge is 0.463 e. The Morgan fingerprint density at radius 1 is 1.41 bits per heavy atom. The van der Waals surface area contributed by atoms with Crippen molar-refractivity contribution in [3.05, 3.63) is 24.3 Å². The van der Waals surface area contributed by atoms with Gasteiger partial charge in [-0.1, -0.05) is 23.9 Å². The minimum atomic E-state index is -1.21. The van der Waals surface area contributed by atoms with Gasteiger partial charge in [-0.05, 0) is 19.1 Å². The molecule has 1 fully saturated rings. The van der Waals surface area contributed by atoms with E-state index in [0.717, 1.165) is 22.0 Å². The third-order valence-corrected chi connectivity index (χ3v) is 5.37. The van der Waals surface area contributed by atoms with Gasteiger partial charge in [-0.3, -0.25) is 4.79 Å². The Bertz CT molecular complexity index is 724. The van der Waals surface area contributed by atoms with Crippen molar-refractivity contribution in [3.63, 3.8) is 0 Å². The molecule has 1 aromatic heterocycles. The van der Waals surface area contributed by atoms with Crippen molar-refractivity contribution in [1.82, 2.24) is 4.98 Å². The smallest absolute Gasteiger partial charge is 0.376 e. The molecule has 1 aromatic carbocycles. The number of carbonyl (C=O) groups is 3. The van der Waals surface area contributed by atoms with Crippen LogP contribution >= 0.6 is 23.1 Å². The highest BCUT2D eigenvalue weighted by atomic mass is 32.2. The van der Waals surface area contributed by atoms with Crippen LogP contribution in [-0.4, -0.2) is 40.7 Å².